The number of carboxylic acids is 2. The van der Waals surface area contributed by atoms with Crippen LogP contribution in [0, 0.1) is 0 Å². The molecule has 0 aliphatic rings. The molecule has 1 heterocycles. The van der Waals surface area contributed by atoms with Gasteiger partial charge in [-0.3, -0.25) is 9.59 Å². The molecule has 1 rings (SSSR count). The summed E-state index contributed by atoms with van der Waals surface area (Å²) < 4.78 is 0. The van der Waals surface area contributed by atoms with Crippen LogP contribution in [-0.4, -0.2) is 34.1 Å². The van der Waals surface area contributed by atoms with Crippen molar-refractivity contribution < 1.29 is 24.6 Å². The second-order valence-electron chi connectivity index (χ2n) is 3.83. The third kappa shape index (κ3) is 4.68. The minimum Gasteiger partial charge on any atom is -0.481 e. The van der Waals surface area contributed by atoms with Crippen LogP contribution in [0.25, 0.3) is 0 Å². The first-order valence-electron chi connectivity index (χ1n) is 5.45. The van der Waals surface area contributed by atoms with Crippen LogP contribution >= 0.6 is 11.3 Å². The molecule has 0 aromatic carbocycles. The molecule has 0 radical (unpaired) electrons. The van der Waals surface area contributed by atoms with Crippen LogP contribution in [0.2, 0.25) is 0 Å². The van der Waals surface area contributed by atoms with Gasteiger partial charge >= 0.3 is 11.9 Å². The molecule has 7 nitrogen and oxygen atoms in total. The molecule has 0 bridgehead atoms. The molecule has 8 heteroatoms. The van der Waals surface area contributed by atoms with E-state index in [2.05, 4.69) is 5.32 Å². The summed E-state index contributed by atoms with van der Waals surface area (Å²) in [6.07, 6.45) is -0.288. The Bertz CT molecular complexity index is 460. The molecule has 0 spiro atoms. The van der Waals surface area contributed by atoms with Crippen molar-refractivity contribution in [3.8, 4) is 0 Å². The monoisotopic (exact) mass is 286 g/mol. The van der Waals surface area contributed by atoms with Crippen LogP contribution in [0.4, 0.5) is 0 Å². The number of hydrogen-bond acceptors (Lipinski definition) is 5. The number of amides is 1. The van der Waals surface area contributed by atoms with Gasteiger partial charge in [-0.2, -0.15) is 0 Å². The summed E-state index contributed by atoms with van der Waals surface area (Å²) in [5.41, 5.74) is 5.50. The van der Waals surface area contributed by atoms with Gasteiger partial charge in [0.05, 0.1) is 6.04 Å². The molecule has 0 aliphatic heterocycles. The Morgan fingerprint density at radius 1 is 1.37 bits per heavy atom. The van der Waals surface area contributed by atoms with E-state index in [1.807, 2.05) is 0 Å². The molecule has 0 saturated heterocycles. The van der Waals surface area contributed by atoms with E-state index in [4.69, 9.17) is 15.9 Å². The van der Waals surface area contributed by atoms with E-state index in [1.54, 1.807) is 17.5 Å². The van der Waals surface area contributed by atoms with Crippen LogP contribution in [0.5, 0.6) is 0 Å². The Balaban J connectivity index is 2.62. The SMILES string of the molecule is NC(CCC(=O)O)C(=O)NC(C(=O)O)c1cccs1. The lowest BCUT2D eigenvalue weighted by Gasteiger charge is -2.16. The van der Waals surface area contributed by atoms with Gasteiger partial charge in [-0.1, -0.05) is 6.07 Å². The summed E-state index contributed by atoms with van der Waals surface area (Å²) in [5, 5.41) is 21.5. The van der Waals surface area contributed by atoms with Gasteiger partial charge in [0, 0.05) is 11.3 Å². The molecule has 19 heavy (non-hydrogen) atoms. The molecule has 0 fully saturated rings. The molecule has 0 saturated carbocycles. The second-order valence-corrected chi connectivity index (χ2v) is 4.81. The zero-order valence-corrected chi connectivity index (χ0v) is 10.7. The van der Waals surface area contributed by atoms with Crippen LogP contribution in [0.15, 0.2) is 17.5 Å². The van der Waals surface area contributed by atoms with Crippen molar-refractivity contribution in [2.45, 2.75) is 24.9 Å². The molecule has 5 N–H and O–H groups in total. The van der Waals surface area contributed by atoms with Gasteiger partial charge in [0.25, 0.3) is 0 Å². The maximum atomic E-state index is 11.7. The first-order chi connectivity index (χ1) is 8.91. The number of nitrogens with one attached hydrogen (secondary N) is 1. The summed E-state index contributed by atoms with van der Waals surface area (Å²) in [5.74, 6) is -2.93. The fraction of sp³-hybridized carbons (Fsp3) is 0.364. The maximum Gasteiger partial charge on any atom is 0.331 e. The van der Waals surface area contributed by atoms with Gasteiger partial charge < -0.3 is 21.3 Å². The zero-order chi connectivity index (χ0) is 14.4. The van der Waals surface area contributed by atoms with Crippen molar-refractivity contribution in [1.82, 2.24) is 5.32 Å². The van der Waals surface area contributed by atoms with E-state index in [0.29, 0.717) is 4.88 Å². The molecular formula is C11H14N2O5S. The Kier molecular flexibility index (Phi) is 5.46. The van der Waals surface area contributed by atoms with E-state index in [1.165, 1.54) is 11.3 Å². The fourth-order valence-corrected chi connectivity index (χ4v) is 2.14. The molecule has 104 valence electrons. The van der Waals surface area contributed by atoms with Crippen molar-refractivity contribution in [2.24, 2.45) is 5.73 Å². The maximum absolute atomic E-state index is 11.7. The normalized spacial score (nSPS) is 13.5. The van der Waals surface area contributed by atoms with Crippen LogP contribution < -0.4 is 11.1 Å². The number of rotatable bonds is 7. The van der Waals surface area contributed by atoms with Gasteiger partial charge in [-0.15, -0.1) is 11.3 Å². The highest BCUT2D eigenvalue weighted by Crippen LogP contribution is 2.19. The summed E-state index contributed by atoms with van der Waals surface area (Å²) in [7, 11) is 0. The van der Waals surface area contributed by atoms with E-state index in [9.17, 15) is 14.4 Å². The Labute approximate surface area is 113 Å². The number of carboxylic acid groups (broad SMARTS) is 2. The molecule has 2 atom stereocenters. The Morgan fingerprint density at radius 3 is 2.53 bits per heavy atom. The van der Waals surface area contributed by atoms with Gasteiger partial charge in [0.15, 0.2) is 6.04 Å². The molecule has 2 unspecified atom stereocenters. The third-order valence-electron chi connectivity index (χ3n) is 2.37. The smallest absolute Gasteiger partial charge is 0.331 e. The topological polar surface area (TPSA) is 130 Å². The number of thiophene rings is 1. The first kappa shape index (κ1) is 15.1. The summed E-state index contributed by atoms with van der Waals surface area (Å²) in [4.78, 5) is 33.6. The number of nitrogens with two attached hydrogens (primary N) is 1. The molecular weight excluding hydrogens is 272 g/mol. The van der Waals surface area contributed by atoms with Gasteiger partial charge in [0.1, 0.15) is 0 Å². The summed E-state index contributed by atoms with van der Waals surface area (Å²) in [6, 6.07) is 1.06. The highest BCUT2D eigenvalue weighted by molar-refractivity contribution is 7.10. The van der Waals surface area contributed by atoms with E-state index in [0.717, 1.165) is 0 Å². The largest absolute Gasteiger partial charge is 0.481 e. The van der Waals surface area contributed by atoms with Gasteiger partial charge in [0.2, 0.25) is 5.91 Å². The minimum absolute atomic E-state index is 0.0437. The van der Waals surface area contributed by atoms with Crippen LogP contribution in [0.1, 0.15) is 23.8 Å². The van der Waals surface area contributed by atoms with Crippen molar-refractivity contribution in [2.75, 3.05) is 0 Å². The van der Waals surface area contributed by atoms with Crippen molar-refractivity contribution >= 4 is 29.2 Å². The standard InChI is InChI=1S/C11H14N2O5S/c12-6(3-4-8(14)15)10(16)13-9(11(17)18)7-2-1-5-19-7/h1-2,5-6,9H,3-4,12H2,(H,13,16)(H,14,15)(H,17,18). The Hall–Kier alpha value is -1.93. The number of carbonyl (C=O) groups is 3. The number of carbonyl (C=O) groups excluding carboxylic acids is 1. The zero-order valence-electron chi connectivity index (χ0n) is 9.91. The second kappa shape index (κ2) is 6.86. The van der Waals surface area contributed by atoms with E-state index < -0.39 is 29.9 Å². The predicted molar refractivity (Wildman–Crippen MR) is 67.7 cm³/mol. The average molecular weight is 286 g/mol. The lowest BCUT2D eigenvalue weighted by atomic mass is 10.1. The van der Waals surface area contributed by atoms with E-state index >= 15 is 0 Å². The average Bonchev–Trinajstić information content (AvgIpc) is 2.85. The minimum atomic E-state index is -1.19. The van der Waals surface area contributed by atoms with Crippen LogP contribution in [0.3, 0.4) is 0 Å². The lowest BCUT2D eigenvalue weighted by molar-refractivity contribution is -0.142. The first-order valence-corrected chi connectivity index (χ1v) is 6.33. The summed E-state index contributed by atoms with van der Waals surface area (Å²) >= 11 is 1.20. The van der Waals surface area contributed by atoms with Crippen molar-refractivity contribution in [3.63, 3.8) is 0 Å². The molecule has 1 amide bonds. The summed E-state index contributed by atoms with van der Waals surface area (Å²) in [6.45, 7) is 0. The fourth-order valence-electron chi connectivity index (χ4n) is 1.37. The molecule has 1 aromatic heterocycles. The lowest BCUT2D eigenvalue weighted by Crippen LogP contribution is -2.44. The van der Waals surface area contributed by atoms with Crippen molar-refractivity contribution in [3.05, 3.63) is 22.4 Å². The molecule has 1 aromatic rings. The predicted octanol–water partition coefficient (Wildman–Crippen LogP) is 0.182. The molecule has 0 aliphatic carbocycles. The third-order valence-corrected chi connectivity index (χ3v) is 3.30. The highest BCUT2D eigenvalue weighted by atomic mass is 32.1. The van der Waals surface area contributed by atoms with E-state index in [-0.39, 0.29) is 12.8 Å². The van der Waals surface area contributed by atoms with Gasteiger partial charge in [-0.05, 0) is 17.9 Å². The highest BCUT2D eigenvalue weighted by Gasteiger charge is 2.25. The Morgan fingerprint density at radius 2 is 2.05 bits per heavy atom. The quantitative estimate of drug-likeness (QED) is 0.566. The van der Waals surface area contributed by atoms with Crippen LogP contribution in [-0.2, 0) is 14.4 Å². The van der Waals surface area contributed by atoms with Crippen molar-refractivity contribution in [1.29, 1.82) is 0 Å². The van der Waals surface area contributed by atoms with Gasteiger partial charge in [-0.25, -0.2) is 4.79 Å². The number of aliphatic carboxylic acids is 2. The number of hydrogen-bond donors (Lipinski definition) is 4.